The van der Waals surface area contributed by atoms with Crippen LogP contribution in [0.15, 0.2) is 49.1 Å². The predicted molar refractivity (Wildman–Crippen MR) is 129 cm³/mol. The SMILES string of the molecule is COc1ccc(CN2C3CC2CN(C2(N4CC5CC(C4)N5)C=CC(c4cn[nH]c4)=CN2)C3)cn1. The molecule has 0 radical (unpaired) electrons. The predicted octanol–water partition coefficient (Wildman–Crippen LogP) is 0.972. The molecule has 0 spiro atoms. The van der Waals surface area contributed by atoms with Crippen LogP contribution in [0.1, 0.15) is 24.0 Å². The standard InChI is InChI=1S/C25H32N8O/c1-34-24-3-2-17(8-26-24)12-33-22-7-23(33)16-32(15-22)25(31-13-20-6-21(14-31)30-20)5-4-18(9-27-25)19-10-28-29-11-19/h2-5,8-11,20-23,27,30H,6-7,12-16H2,1H3,(H,28,29). The van der Waals surface area contributed by atoms with E-state index in [4.69, 9.17) is 4.74 Å². The molecule has 6 saturated heterocycles. The summed E-state index contributed by atoms with van der Waals surface area (Å²) in [6.45, 7) is 5.24. The molecule has 2 aromatic heterocycles. The molecule has 2 aromatic rings. The van der Waals surface area contributed by atoms with E-state index in [1.165, 1.54) is 24.0 Å². The average Bonchev–Trinajstić information content (AvgIpc) is 3.42. The second kappa shape index (κ2) is 7.91. The molecule has 9 rings (SSSR count). The Balaban J connectivity index is 1.10. The topological polar surface area (TPSA) is 84.6 Å². The number of fused-ring (bicyclic) bond motifs is 4. The van der Waals surface area contributed by atoms with Crippen molar-refractivity contribution in [2.45, 2.75) is 49.3 Å². The molecule has 7 aliphatic rings. The number of aromatic amines is 1. The van der Waals surface area contributed by atoms with E-state index in [0.717, 1.165) is 38.3 Å². The fraction of sp³-hybridized carbons (Fsp3) is 0.520. The number of piperidine rings is 2. The summed E-state index contributed by atoms with van der Waals surface area (Å²) < 4.78 is 5.22. The highest BCUT2D eigenvalue weighted by Gasteiger charge is 2.54. The van der Waals surface area contributed by atoms with Crippen LogP contribution in [0, 0.1) is 0 Å². The Labute approximate surface area is 199 Å². The van der Waals surface area contributed by atoms with Crippen LogP contribution in [0.4, 0.5) is 0 Å². The number of methoxy groups -OCH3 is 1. The van der Waals surface area contributed by atoms with Crippen molar-refractivity contribution in [3.05, 3.63) is 60.2 Å². The molecule has 178 valence electrons. The largest absolute Gasteiger partial charge is 0.481 e. The first-order chi connectivity index (χ1) is 16.7. The lowest BCUT2D eigenvalue weighted by molar-refractivity contribution is -0.156. The number of H-pyrrole nitrogens is 1. The van der Waals surface area contributed by atoms with Gasteiger partial charge < -0.3 is 15.4 Å². The van der Waals surface area contributed by atoms with Crippen molar-refractivity contribution in [3.63, 3.8) is 0 Å². The summed E-state index contributed by atoms with van der Waals surface area (Å²) in [6, 6.07) is 6.48. The van der Waals surface area contributed by atoms with Gasteiger partial charge in [-0.1, -0.05) is 12.1 Å². The molecule has 5 unspecified atom stereocenters. The third-order valence-corrected chi connectivity index (χ3v) is 8.37. The minimum atomic E-state index is -0.267. The van der Waals surface area contributed by atoms with E-state index in [1.54, 1.807) is 7.11 Å². The van der Waals surface area contributed by atoms with Gasteiger partial charge in [0.05, 0.1) is 13.3 Å². The number of nitrogens with zero attached hydrogens (tertiary/aromatic N) is 5. The van der Waals surface area contributed by atoms with Gasteiger partial charge in [-0.25, -0.2) is 4.98 Å². The Hall–Kier alpha value is -2.72. The summed E-state index contributed by atoms with van der Waals surface area (Å²) in [5.41, 5.74) is 3.53. The van der Waals surface area contributed by atoms with Crippen LogP contribution in [-0.2, 0) is 6.54 Å². The molecular formula is C25H32N8O. The van der Waals surface area contributed by atoms with Crippen molar-refractivity contribution in [1.82, 2.24) is 40.5 Å². The van der Waals surface area contributed by atoms with Crippen LogP contribution in [0.25, 0.3) is 5.57 Å². The Bertz CT molecular complexity index is 1070. The first-order valence-electron chi connectivity index (χ1n) is 12.4. The molecule has 0 amide bonds. The number of hydrogen-bond donors (Lipinski definition) is 3. The van der Waals surface area contributed by atoms with E-state index in [0.29, 0.717) is 30.0 Å². The smallest absolute Gasteiger partial charge is 0.212 e. The third-order valence-electron chi connectivity index (χ3n) is 8.37. The number of pyridine rings is 1. The van der Waals surface area contributed by atoms with E-state index in [2.05, 4.69) is 64.9 Å². The van der Waals surface area contributed by atoms with Crippen molar-refractivity contribution in [2.24, 2.45) is 0 Å². The quantitative estimate of drug-likeness (QED) is 0.588. The van der Waals surface area contributed by atoms with Crippen LogP contribution in [0.5, 0.6) is 5.88 Å². The molecule has 9 nitrogen and oxygen atoms in total. The Morgan fingerprint density at radius 1 is 1.06 bits per heavy atom. The fourth-order valence-corrected chi connectivity index (χ4v) is 6.52. The lowest BCUT2D eigenvalue weighted by atomic mass is 9.84. The van der Waals surface area contributed by atoms with Gasteiger partial charge >= 0.3 is 0 Å². The number of ether oxygens (including phenoxy) is 1. The summed E-state index contributed by atoms with van der Waals surface area (Å²) in [5, 5.41) is 14.6. The molecule has 9 heterocycles. The Morgan fingerprint density at radius 2 is 1.85 bits per heavy atom. The third kappa shape index (κ3) is 3.30. The zero-order valence-corrected chi connectivity index (χ0v) is 19.5. The van der Waals surface area contributed by atoms with Gasteiger partial charge in [0.2, 0.25) is 5.88 Å². The molecular weight excluding hydrogens is 428 g/mol. The normalized spacial score (nSPS) is 35.1. The minimum absolute atomic E-state index is 0.267. The molecule has 6 fully saturated rings. The molecule has 0 aromatic carbocycles. The monoisotopic (exact) mass is 460 g/mol. The van der Waals surface area contributed by atoms with Crippen molar-refractivity contribution in [1.29, 1.82) is 0 Å². The molecule has 0 saturated carbocycles. The van der Waals surface area contributed by atoms with Crippen molar-refractivity contribution in [3.8, 4) is 5.88 Å². The van der Waals surface area contributed by atoms with Gasteiger partial charge in [-0.15, -0.1) is 0 Å². The molecule has 4 bridgehead atoms. The van der Waals surface area contributed by atoms with Crippen LogP contribution in [0.2, 0.25) is 0 Å². The van der Waals surface area contributed by atoms with E-state index in [9.17, 15) is 0 Å². The first-order valence-corrected chi connectivity index (χ1v) is 12.4. The lowest BCUT2D eigenvalue weighted by Gasteiger charge is -2.64. The van der Waals surface area contributed by atoms with Gasteiger partial charge in [0.1, 0.15) is 0 Å². The lowest BCUT2D eigenvalue weighted by Crippen LogP contribution is -2.81. The number of dihydropyridines is 1. The van der Waals surface area contributed by atoms with Gasteiger partial charge in [-0.3, -0.25) is 19.8 Å². The maximum Gasteiger partial charge on any atom is 0.212 e. The summed E-state index contributed by atoms with van der Waals surface area (Å²) in [6.07, 6.45) is 15.2. The van der Waals surface area contributed by atoms with Gasteiger partial charge in [-0.05, 0) is 24.5 Å². The number of rotatable bonds is 6. The van der Waals surface area contributed by atoms with Gasteiger partial charge in [-0.2, -0.15) is 5.10 Å². The maximum atomic E-state index is 5.22. The summed E-state index contributed by atoms with van der Waals surface area (Å²) in [5.74, 6) is 0.407. The maximum absolute atomic E-state index is 5.22. The zero-order chi connectivity index (χ0) is 22.7. The first kappa shape index (κ1) is 20.6. The minimum Gasteiger partial charge on any atom is -0.481 e. The second-order valence-electron chi connectivity index (χ2n) is 10.3. The van der Waals surface area contributed by atoms with E-state index >= 15 is 0 Å². The second-order valence-corrected chi connectivity index (χ2v) is 10.3. The molecule has 5 atom stereocenters. The summed E-state index contributed by atoms with van der Waals surface area (Å²) in [7, 11) is 1.66. The van der Waals surface area contributed by atoms with Gasteiger partial charge in [0, 0.05) is 92.7 Å². The highest BCUT2D eigenvalue weighted by atomic mass is 16.5. The van der Waals surface area contributed by atoms with Crippen molar-refractivity contribution in [2.75, 3.05) is 33.3 Å². The van der Waals surface area contributed by atoms with Crippen LogP contribution < -0.4 is 15.4 Å². The Morgan fingerprint density at radius 3 is 2.47 bits per heavy atom. The zero-order valence-electron chi connectivity index (χ0n) is 19.5. The number of hydrogen-bond acceptors (Lipinski definition) is 8. The van der Waals surface area contributed by atoms with Crippen molar-refractivity contribution >= 4 is 5.57 Å². The number of piperazine rings is 2. The molecule has 34 heavy (non-hydrogen) atoms. The summed E-state index contributed by atoms with van der Waals surface area (Å²) >= 11 is 0. The molecule has 9 heteroatoms. The van der Waals surface area contributed by atoms with Crippen LogP contribution in [0.3, 0.4) is 0 Å². The highest BCUT2D eigenvalue weighted by Crippen LogP contribution is 2.40. The van der Waals surface area contributed by atoms with Crippen LogP contribution in [-0.4, -0.2) is 93.1 Å². The molecule has 7 aliphatic heterocycles. The van der Waals surface area contributed by atoms with E-state index in [-0.39, 0.29) is 5.79 Å². The highest BCUT2D eigenvalue weighted by molar-refractivity contribution is 5.74. The number of aromatic nitrogens is 3. The summed E-state index contributed by atoms with van der Waals surface area (Å²) in [4.78, 5) is 12.4. The molecule has 0 aliphatic carbocycles. The van der Waals surface area contributed by atoms with E-state index in [1.807, 2.05) is 24.7 Å². The van der Waals surface area contributed by atoms with Gasteiger partial charge in [0.25, 0.3) is 0 Å². The fourth-order valence-electron chi connectivity index (χ4n) is 6.52. The van der Waals surface area contributed by atoms with E-state index < -0.39 is 0 Å². The van der Waals surface area contributed by atoms with Gasteiger partial charge in [0.15, 0.2) is 5.79 Å². The Kier molecular flexibility index (Phi) is 4.80. The van der Waals surface area contributed by atoms with Crippen LogP contribution >= 0.6 is 0 Å². The average molecular weight is 461 g/mol. The number of allylic oxidation sites excluding steroid dienone is 2. The molecule has 3 N–H and O–H groups in total. The number of nitrogens with one attached hydrogen (secondary N) is 3. The van der Waals surface area contributed by atoms with Crippen molar-refractivity contribution < 1.29 is 4.74 Å².